The molecule has 0 aliphatic carbocycles. The molecule has 0 unspecified atom stereocenters. The summed E-state index contributed by atoms with van der Waals surface area (Å²) < 4.78 is 9.06. The number of anilines is 3. The van der Waals surface area contributed by atoms with Gasteiger partial charge in [0.1, 0.15) is 11.2 Å². The molecule has 2 heterocycles. The molecular formula is C48H31NOS. The predicted octanol–water partition coefficient (Wildman–Crippen LogP) is 14.4. The first-order valence-electron chi connectivity index (χ1n) is 17.3. The SMILES string of the molecule is c1ccc(-c2ccc(-c3c(N(c4ccc(-c5ccccc5)cc4)c4ccc5c(c4)sc4ccccc45)ccc4oc5ccccc5c34)cc2)cc1. The molecule has 0 aliphatic heterocycles. The molecule has 0 radical (unpaired) electrons. The average molecular weight is 670 g/mol. The van der Waals surface area contributed by atoms with Crippen LogP contribution in [0.15, 0.2) is 192 Å². The lowest BCUT2D eigenvalue weighted by Gasteiger charge is -2.28. The second-order valence-corrected chi connectivity index (χ2v) is 14.0. The van der Waals surface area contributed by atoms with Gasteiger partial charge in [0.2, 0.25) is 0 Å². The first kappa shape index (κ1) is 29.5. The van der Waals surface area contributed by atoms with Crippen LogP contribution >= 0.6 is 11.3 Å². The van der Waals surface area contributed by atoms with Crippen molar-refractivity contribution in [3.8, 4) is 33.4 Å². The van der Waals surface area contributed by atoms with Crippen molar-refractivity contribution in [3.05, 3.63) is 188 Å². The van der Waals surface area contributed by atoms with Crippen LogP contribution in [0.3, 0.4) is 0 Å². The minimum absolute atomic E-state index is 0.876. The molecule has 2 aromatic heterocycles. The molecule has 51 heavy (non-hydrogen) atoms. The van der Waals surface area contributed by atoms with Crippen LogP contribution in [0.5, 0.6) is 0 Å². The van der Waals surface area contributed by atoms with Gasteiger partial charge in [0.05, 0.1) is 5.69 Å². The Morgan fingerprint density at radius 3 is 1.65 bits per heavy atom. The summed E-state index contributed by atoms with van der Waals surface area (Å²) in [6.07, 6.45) is 0. The van der Waals surface area contributed by atoms with E-state index in [-0.39, 0.29) is 0 Å². The molecule has 0 aliphatic rings. The van der Waals surface area contributed by atoms with E-state index in [0.717, 1.165) is 50.1 Å². The van der Waals surface area contributed by atoms with E-state index < -0.39 is 0 Å². The molecule has 10 aromatic rings. The molecule has 10 rings (SSSR count). The van der Waals surface area contributed by atoms with E-state index in [1.165, 1.54) is 42.4 Å². The minimum atomic E-state index is 0.876. The van der Waals surface area contributed by atoms with Gasteiger partial charge in [-0.3, -0.25) is 0 Å². The van der Waals surface area contributed by atoms with Crippen molar-refractivity contribution in [1.82, 2.24) is 0 Å². The molecule has 0 spiro atoms. The lowest BCUT2D eigenvalue weighted by atomic mass is 9.94. The fraction of sp³-hybridized carbons (Fsp3) is 0. The Morgan fingerprint density at radius 2 is 0.922 bits per heavy atom. The monoisotopic (exact) mass is 669 g/mol. The molecule has 0 saturated carbocycles. The molecule has 0 fully saturated rings. The van der Waals surface area contributed by atoms with Crippen molar-refractivity contribution in [2.45, 2.75) is 0 Å². The molecule has 3 heteroatoms. The van der Waals surface area contributed by atoms with Crippen LogP contribution in [-0.2, 0) is 0 Å². The highest BCUT2D eigenvalue weighted by Crippen LogP contribution is 2.48. The molecule has 0 amide bonds. The Labute approximate surface area is 300 Å². The van der Waals surface area contributed by atoms with Gasteiger partial charge < -0.3 is 9.32 Å². The molecule has 0 N–H and O–H groups in total. The lowest BCUT2D eigenvalue weighted by Crippen LogP contribution is -2.11. The van der Waals surface area contributed by atoms with Crippen LogP contribution < -0.4 is 4.90 Å². The van der Waals surface area contributed by atoms with E-state index >= 15 is 0 Å². The molecule has 0 saturated heterocycles. The van der Waals surface area contributed by atoms with Gasteiger partial charge in [-0.15, -0.1) is 11.3 Å². The Bertz CT molecular complexity index is 2830. The fourth-order valence-electron chi connectivity index (χ4n) is 7.46. The number of benzene rings is 8. The predicted molar refractivity (Wildman–Crippen MR) is 218 cm³/mol. The molecule has 8 aromatic carbocycles. The highest BCUT2D eigenvalue weighted by atomic mass is 32.1. The summed E-state index contributed by atoms with van der Waals surface area (Å²) in [5, 5.41) is 4.81. The number of para-hydroxylation sites is 1. The highest BCUT2D eigenvalue weighted by Gasteiger charge is 2.23. The van der Waals surface area contributed by atoms with E-state index in [9.17, 15) is 0 Å². The van der Waals surface area contributed by atoms with Crippen LogP contribution in [0.2, 0.25) is 0 Å². The van der Waals surface area contributed by atoms with E-state index in [1.54, 1.807) is 0 Å². The van der Waals surface area contributed by atoms with E-state index in [4.69, 9.17) is 4.42 Å². The standard InChI is InChI=1S/C48H31NOS/c1-3-11-32(12-4-1)34-19-21-36(22-20-34)47-42(29-30-44-48(47)41-16-7-9-17-43(41)50-44)49(37-25-23-35(24-26-37)33-13-5-2-6-14-33)38-27-28-40-39-15-8-10-18-45(39)51-46(40)31-38/h1-31H. The smallest absolute Gasteiger partial charge is 0.136 e. The number of fused-ring (bicyclic) bond motifs is 6. The number of furan rings is 1. The summed E-state index contributed by atoms with van der Waals surface area (Å²) in [7, 11) is 0. The Balaban J connectivity index is 1.23. The van der Waals surface area contributed by atoms with Crippen molar-refractivity contribution < 1.29 is 4.42 Å². The zero-order valence-electron chi connectivity index (χ0n) is 27.7. The van der Waals surface area contributed by atoms with Gasteiger partial charge in [0.15, 0.2) is 0 Å². The van der Waals surface area contributed by atoms with Gasteiger partial charge >= 0.3 is 0 Å². The summed E-state index contributed by atoms with van der Waals surface area (Å²) in [4.78, 5) is 2.42. The Kier molecular flexibility index (Phi) is 7.04. The maximum Gasteiger partial charge on any atom is 0.136 e. The summed E-state index contributed by atoms with van der Waals surface area (Å²) in [6, 6.07) is 67.4. The van der Waals surface area contributed by atoms with Gasteiger partial charge in [0.25, 0.3) is 0 Å². The Hall–Kier alpha value is -6.42. The van der Waals surface area contributed by atoms with Crippen molar-refractivity contribution >= 4 is 70.5 Å². The van der Waals surface area contributed by atoms with Crippen LogP contribution in [0, 0.1) is 0 Å². The van der Waals surface area contributed by atoms with E-state index in [1.807, 2.05) is 17.4 Å². The van der Waals surface area contributed by atoms with Gasteiger partial charge in [-0.25, -0.2) is 0 Å². The molecule has 0 atom stereocenters. The third-order valence-electron chi connectivity index (χ3n) is 9.90. The quantitative estimate of drug-likeness (QED) is 0.175. The van der Waals surface area contributed by atoms with Gasteiger partial charge in [-0.2, -0.15) is 0 Å². The number of rotatable bonds is 6. The van der Waals surface area contributed by atoms with Crippen molar-refractivity contribution in [3.63, 3.8) is 0 Å². The molecule has 240 valence electrons. The first-order valence-corrected chi connectivity index (χ1v) is 18.1. The largest absolute Gasteiger partial charge is 0.456 e. The minimum Gasteiger partial charge on any atom is -0.456 e. The third kappa shape index (κ3) is 5.10. The highest BCUT2D eigenvalue weighted by molar-refractivity contribution is 7.25. The topological polar surface area (TPSA) is 16.4 Å². The Morgan fingerprint density at radius 1 is 0.373 bits per heavy atom. The van der Waals surface area contributed by atoms with Crippen molar-refractivity contribution in [2.75, 3.05) is 4.90 Å². The van der Waals surface area contributed by atoms with Crippen molar-refractivity contribution in [2.24, 2.45) is 0 Å². The summed E-state index contributed by atoms with van der Waals surface area (Å²) >= 11 is 1.85. The second-order valence-electron chi connectivity index (χ2n) is 12.9. The molecular weight excluding hydrogens is 639 g/mol. The number of hydrogen-bond acceptors (Lipinski definition) is 3. The normalized spacial score (nSPS) is 11.5. The van der Waals surface area contributed by atoms with Crippen molar-refractivity contribution in [1.29, 1.82) is 0 Å². The van der Waals surface area contributed by atoms with Crippen LogP contribution in [0.4, 0.5) is 17.1 Å². The zero-order chi connectivity index (χ0) is 33.7. The maximum atomic E-state index is 6.49. The average Bonchev–Trinajstić information content (AvgIpc) is 3.77. The van der Waals surface area contributed by atoms with Crippen LogP contribution in [-0.4, -0.2) is 0 Å². The summed E-state index contributed by atoms with van der Waals surface area (Å²) in [6.45, 7) is 0. The summed E-state index contributed by atoms with van der Waals surface area (Å²) in [5.41, 5.74) is 12.1. The summed E-state index contributed by atoms with van der Waals surface area (Å²) in [5.74, 6) is 0. The number of nitrogens with zero attached hydrogens (tertiary/aromatic N) is 1. The number of thiophene rings is 1. The van der Waals surface area contributed by atoms with Gasteiger partial charge in [-0.05, 0) is 76.3 Å². The number of hydrogen-bond donors (Lipinski definition) is 0. The molecule has 0 bridgehead atoms. The maximum absolute atomic E-state index is 6.49. The fourth-order valence-corrected chi connectivity index (χ4v) is 8.60. The second kappa shape index (κ2) is 12.2. The van der Waals surface area contributed by atoms with Gasteiger partial charge in [-0.1, -0.05) is 140 Å². The van der Waals surface area contributed by atoms with Gasteiger partial charge in [0, 0.05) is 47.9 Å². The van der Waals surface area contributed by atoms with Crippen LogP contribution in [0.25, 0.3) is 75.5 Å². The molecule has 2 nitrogen and oxygen atoms in total. The third-order valence-corrected chi connectivity index (χ3v) is 11.0. The first-order chi connectivity index (χ1) is 25.3. The lowest BCUT2D eigenvalue weighted by molar-refractivity contribution is 0.669. The van der Waals surface area contributed by atoms with Crippen LogP contribution in [0.1, 0.15) is 0 Å². The van der Waals surface area contributed by atoms with E-state index in [0.29, 0.717) is 0 Å². The van der Waals surface area contributed by atoms with E-state index in [2.05, 4.69) is 187 Å². The zero-order valence-corrected chi connectivity index (χ0v) is 28.5.